The van der Waals surface area contributed by atoms with Crippen LogP contribution in [0.2, 0.25) is 0 Å². The molecule has 0 atom stereocenters. The van der Waals surface area contributed by atoms with Crippen molar-refractivity contribution < 1.29 is 15.1 Å². The molecule has 0 aliphatic heterocycles. The van der Waals surface area contributed by atoms with Gasteiger partial charge in [-0.1, -0.05) is 43.3 Å². The minimum Gasteiger partial charge on any atom is -0.488 e. The highest BCUT2D eigenvalue weighted by Crippen LogP contribution is 2.28. The molecule has 23 heavy (non-hydrogen) atoms. The fourth-order valence-corrected chi connectivity index (χ4v) is 2.42. The van der Waals surface area contributed by atoms with Crippen LogP contribution in [0.1, 0.15) is 37.0 Å². The van der Waals surface area contributed by atoms with Crippen molar-refractivity contribution in [2.24, 2.45) is 0 Å². The molecule has 0 saturated carbocycles. The minimum absolute atomic E-state index is 0.563. The van der Waals surface area contributed by atoms with Gasteiger partial charge in [-0.25, -0.2) is 4.84 Å². The second-order valence-corrected chi connectivity index (χ2v) is 5.68. The molecule has 3 nitrogen and oxygen atoms in total. The molecule has 0 aliphatic rings. The lowest BCUT2D eigenvalue weighted by Crippen LogP contribution is -2.76. The number of hydrogen-bond acceptors (Lipinski definition) is 2. The van der Waals surface area contributed by atoms with Crippen molar-refractivity contribution in [3.63, 3.8) is 0 Å². The molecule has 0 spiro atoms. The number of quaternary nitrogens is 1. The fourth-order valence-electron chi connectivity index (χ4n) is 2.42. The van der Waals surface area contributed by atoms with Gasteiger partial charge in [0.2, 0.25) is 0 Å². The number of rotatable bonds is 7. The topological polar surface area (TPSA) is 35.1 Å². The van der Waals surface area contributed by atoms with Gasteiger partial charge in [0.1, 0.15) is 12.4 Å². The SMILES string of the molecule is CC/C(C)=C(/OCc1ccccc1)c1cc(C)ccc1[NH2+]OC. The lowest BCUT2D eigenvalue weighted by Gasteiger charge is -2.16. The first-order valence-corrected chi connectivity index (χ1v) is 7.99. The highest BCUT2D eigenvalue weighted by atomic mass is 16.6. The first-order chi connectivity index (χ1) is 11.2. The zero-order valence-corrected chi connectivity index (χ0v) is 14.4. The Balaban J connectivity index is 2.34. The van der Waals surface area contributed by atoms with Crippen LogP contribution in [0.4, 0.5) is 5.69 Å². The van der Waals surface area contributed by atoms with Crippen molar-refractivity contribution in [1.82, 2.24) is 0 Å². The molecule has 0 bridgehead atoms. The van der Waals surface area contributed by atoms with Gasteiger partial charge in [0, 0.05) is 6.07 Å². The normalized spacial score (nSPS) is 12.0. The number of ether oxygens (including phenoxy) is 1. The van der Waals surface area contributed by atoms with Crippen molar-refractivity contribution in [1.29, 1.82) is 0 Å². The van der Waals surface area contributed by atoms with Crippen LogP contribution in [0.25, 0.3) is 5.76 Å². The van der Waals surface area contributed by atoms with Gasteiger partial charge < -0.3 is 4.74 Å². The van der Waals surface area contributed by atoms with Crippen LogP contribution in [-0.2, 0) is 16.2 Å². The van der Waals surface area contributed by atoms with E-state index < -0.39 is 0 Å². The summed E-state index contributed by atoms with van der Waals surface area (Å²) < 4.78 is 6.21. The minimum atomic E-state index is 0.563. The van der Waals surface area contributed by atoms with Crippen LogP contribution in [0.15, 0.2) is 54.1 Å². The van der Waals surface area contributed by atoms with Gasteiger partial charge in [0.05, 0.1) is 12.7 Å². The van der Waals surface area contributed by atoms with Gasteiger partial charge in [0.15, 0.2) is 5.69 Å². The third-order valence-electron chi connectivity index (χ3n) is 3.84. The summed E-state index contributed by atoms with van der Waals surface area (Å²) in [6.45, 7) is 6.93. The van der Waals surface area contributed by atoms with E-state index in [1.54, 1.807) is 12.6 Å². The highest BCUT2D eigenvalue weighted by Gasteiger charge is 2.16. The van der Waals surface area contributed by atoms with Gasteiger partial charge in [-0.2, -0.15) is 5.48 Å². The van der Waals surface area contributed by atoms with Gasteiger partial charge in [0.25, 0.3) is 0 Å². The number of benzene rings is 2. The maximum Gasteiger partial charge on any atom is 0.173 e. The molecule has 0 aliphatic carbocycles. The molecule has 0 heterocycles. The van der Waals surface area contributed by atoms with E-state index in [-0.39, 0.29) is 0 Å². The summed E-state index contributed by atoms with van der Waals surface area (Å²) >= 11 is 0. The van der Waals surface area contributed by atoms with E-state index in [0.29, 0.717) is 6.61 Å². The van der Waals surface area contributed by atoms with Crippen LogP contribution in [-0.4, -0.2) is 7.11 Å². The maximum absolute atomic E-state index is 6.21. The summed E-state index contributed by atoms with van der Waals surface area (Å²) in [6.07, 6.45) is 0.949. The summed E-state index contributed by atoms with van der Waals surface area (Å²) in [4.78, 5) is 5.23. The molecule has 0 saturated heterocycles. The van der Waals surface area contributed by atoms with Crippen molar-refractivity contribution >= 4 is 11.4 Å². The summed E-state index contributed by atoms with van der Waals surface area (Å²) in [5, 5.41) is 0. The van der Waals surface area contributed by atoms with Gasteiger partial charge in [-0.05, 0) is 43.0 Å². The van der Waals surface area contributed by atoms with Crippen molar-refractivity contribution in [2.45, 2.75) is 33.8 Å². The summed E-state index contributed by atoms with van der Waals surface area (Å²) in [7, 11) is 1.67. The molecule has 3 heteroatoms. The Kier molecular flexibility index (Phi) is 6.39. The Hall–Kier alpha value is -2.10. The molecule has 0 radical (unpaired) electrons. The van der Waals surface area contributed by atoms with E-state index in [0.717, 1.165) is 23.4 Å². The second kappa shape index (κ2) is 8.51. The molecule has 2 aromatic rings. The predicted molar refractivity (Wildman–Crippen MR) is 93.9 cm³/mol. The largest absolute Gasteiger partial charge is 0.488 e. The molecular formula is C20H26NO2+. The van der Waals surface area contributed by atoms with Crippen LogP contribution in [0, 0.1) is 6.92 Å². The van der Waals surface area contributed by atoms with Gasteiger partial charge >= 0.3 is 0 Å². The van der Waals surface area contributed by atoms with E-state index >= 15 is 0 Å². The van der Waals surface area contributed by atoms with E-state index in [1.165, 1.54) is 16.7 Å². The van der Waals surface area contributed by atoms with Crippen molar-refractivity contribution in [3.05, 3.63) is 70.8 Å². The second-order valence-electron chi connectivity index (χ2n) is 5.68. The zero-order valence-electron chi connectivity index (χ0n) is 14.4. The standard InChI is InChI=1S/C20H25NO2/c1-5-16(3)20(23-14-17-9-7-6-8-10-17)18-13-15(2)11-12-19(18)21-22-4/h6-13,21H,5,14H2,1-4H3/p+1/b20-16+. The monoisotopic (exact) mass is 312 g/mol. The summed E-state index contributed by atoms with van der Waals surface area (Å²) in [6, 6.07) is 16.6. The summed E-state index contributed by atoms with van der Waals surface area (Å²) in [5.41, 5.74) is 7.49. The number of nitrogens with two attached hydrogens (primary N) is 1. The molecule has 2 N–H and O–H groups in total. The maximum atomic E-state index is 6.21. The molecular weight excluding hydrogens is 286 g/mol. The van der Waals surface area contributed by atoms with E-state index in [4.69, 9.17) is 9.57 Å². The lowest BCUT2D eigenvalue weighted by atomic mass is 10.0. The fraction of sp³-hybridized carbons (Fsp3) is 0.300. The Labute approximate surface area is 138 Å². The molecule has 122 valence electrons. The molecule has 2 rings (SSSR count). The third kappa shape index (κ3) is 4.68. The Morgan fingerprint density at radius 1 is 1.09 bits per heavy atom. The Bertz CT molecular complexity index is 663. The summed E-state index contributed by atoms with van der Waals surface area (Å²) in [5.74, 6) is 0.948. The van der Waals surface area contributed by atoms with Crippen LogP contribution >= 0.6 is 0 Å². The van der Waals surface area contributed by atoms with E-state index in [9.17, 15) is 0 Å². The number of hydrogen-bond donors (Lipinski definition) is 1. The average molecular weight is 312 g/mol. The smallest absolute Gasteiger partial charge is 0.173 e. The first-order valence-electron chi connectivity index (χ1n) is 7.99. The quantitative estimate of drug-likeness (QED) is 0.474. The first kappa shape index (κ1) is 17.3. The van der Waals surface area contributed by atoms with Crippen molar-refractivity contribution in [2.75, 3.05) is 7.11 Å². The Morgan fingerprint density at radius 3 is 2.48 bits per heavy atom. The van der Waals surface area contributed by atoms with Crippen molar-refractivity contribution in [3.8, 4) is 0 Å². The van der Waals surface area contributed by atoms with Crippen LogP contribution < -0.4 is 5.48 Å². The number of aryl methyl sites for hydroxylation is 1. The molecule has 0 amide bonds. The van der Waals surface area contributed by atoms with Crippen LogP contribution in [0.3, 0.4) is 0 Å². The van der Waals surface area contributed by atoms with E-state index in [1.807, 2.05) is 18.2 Å². The van der Waals surface area contributed by atoms with Gasteiger partial charge in [-0.3, -0.25) is 0 Å². The lowest BCUT2D eigenvalue weighted by molar-refractivity contribution is -0.830. The average Bonchev–Trinajstić information content (AvgIpc) is 2.58. The number of allylic oxidation sites excluding steroid dienone is 1. The Morgan fingerprint density at radius 2 is 1.83 bits per heavy atom. The molecule has 0 aromatic heterocycles. The highest BCUT2D eigenvalue weighted by molar-refractivity contribution is 5.70. The molecule has 2 aromatic carbocycles. The predicted octanol–water partition coefficient (Wildman–Crippen LogP) is 4.11. The third-order valence-corrected chi connectivity index (χ3v) is 3.84. The van der Waals surface area contributed by atoms with Crippen LogP contribution in [0.5, 0.6) is 0 Å². The zero-order chi connectivity index (χ0) is 16.7. The van der Waals surface area contributed by atoms with E-state index in [2.05, 4.69) is 51.1 Å². The molecule has 0 unspecified atom stereocenters. The van der Waals surface area contributed by atoms with Gasteiger partial charge in [-0.15, -0.1) is 0 Å². The molecule has 0 fully saturated rings.